The summed E-state index contributed by atoms with van der Waals surface area (Å²) in [5.41, 5.74) is 4.91. The van der Waals surface area contributed by atoms with E-state index >= 15 is 0 Å². The second-order valence-corrected chi connectivity index (χ2v) is 10.7. The van der Waals surface area contributed by atoms with Crippen LogP contribution >= 0.6 is 0 Å². The van der Waals surface area contributed by atoms with Gasteiger partial charge in [0.2, 0.25) is 0 Å². The fourth-order valence-electron chi connectivity index (χ4n) is 5.63. The minimum atomic E-state index is -0.834. The van der Waals surface area contributed by atoms with Crippen LogP contribution in [0.15, 0.2) is 36.4 Å². The summed E-state index contributed by atoms with van der Waals surface area (Å²) in [5.74, 6) is 6.63. The Morgan fingerprint density at radius 1 is 0.946 bits per heavy atom. The van der Waals surface area contributed by atoms with Gasteiger partial charge in [-0.2, -0.15) is 0 Å². The van der Waals surface area contributed by atoms with Gasteiger partial charge in [0, 0.05) is 17.4 Å². The highest BCUT2D eigenvalue weighted by Crippen LogP contribution is 2.41. The lowest BCUT2D eigenvalue weighted by atomic mass is 9.70. The van der Waals surface area contributed by atoms with Crippen molar-refractivity contribution in [1.29, 1.82) is 0 Å². The Labute approximate surface area is 223 Å². The predicted molar refractivity (Wildman–Crippen MR) is 150 cm³/mol. The Morgan fingerprint density at radius 3 is 2.19 bits per heavy atom. The molecule has 2 N–H and O–H groups in total. The molecular formula is C33H44O4. The Morgan fingerprint density at radius 2 is 1.59 bits per heavy atom. The van der Waals surface area contributed by atoms with Crippen molar-refractivity contribution >= 4 is 5.97 Å². The number of aliphatic carboxylic acids is 1. The van der Waals surface area contributed by atoms with Crippen LogP contribution < -0.4 is 4.74 Å². The lowest BCUT2D eigenvalue weighted by Crippen LogP contribution is -2.29. The van der Waals surface area contributed by atoms with Gasteiger partial charge in [-0.1, -0.05) is 56.4 Å². The van der Waals surface area contributed by atoms with Gasteiger partial charge in [0.25, 0.3) is 0 Å². The monoisotopic (exact) mass is 504 g/mol. The number of unbranched alkanes of at least 4 members (excludes halogenated alkanes) is 2. The molecule has 0 unspecified atom stereocenters. The van der Waals surface area contributed by atoms with Crippen LogP contribution in [0.4, 0.5) is 0 Å². The zero-order chi connectivity index (χ0) is 26.9. The standard InChI is InChI=1S/C33H44O4/c1-5-33(6-2,29-16-17-30(26(4)24-29)37-22-12-7-9-13-31(34)35)28-15-14-27(25(3)23-28)18-21-32(36)19-10-8-11-20-32/h14-17,23-24,36H,5-13,19-20,22H2,1-4H3,(H,34,35). The van der Waals surface area contributed by atoms with E-state index in [1.807, 2.05) is 0 Å². The number of benzene rings is 2. The maximum atomic E-state index is 10.8. The molecule has 0 amide bonds. The van der Waals surface area contributed by atoms with Crippen LogP contribution in [0.2, 0.25) is 0 Å². The Kier molecular flexibility index (Phi) is 10.2. The third-order valence-corrected chi connectivity index (χ3v) is 8.12. The van der Waals surface area contributed by atoms with Crippen molar-refractivity contribution in [2.45, 2.75) is 109 Å². The fourth-order valence-corrected chi connectivity index (χ4v) is 5.63. The molecular weight excluding hydrogens is 460 g/mol. The second-order valence-electron chi connectivity index (χ2n) is 10.7. The molecule has 1 fully saturated rings. The number of aryl methyl sites for hydroxylation is 2. The highest BCUT2D eigenvalue weighted by atomic mass is 16.5. The summed E-state index contributed by atoms with van der Waals surface area (Å²) >= 11 is 0. The molecule has 0 bridgehead atoms. The molecule has 0 spiro atoms. The summed E-state index contributed by atoms with van der Waals surface area (Å²) in [6.45, 7) is 9.32. The van der Waals surface area contributed by atoms with E-state index in [-0.39, 0.29) is 11.8 Å². The maximum Gasteiger partial charge on any atom is 0.303 e. The van der Waals surface area contributed by atoms with E-state index in [0.717, 1.165) is 73.8 Å². The summed E-state index contributed by atoms with van der Waals surface area (Å²) in [5, 5.41) is 19.6. The molecule has 2 aromatic carbocycles. The van der Waals surface area contributed by atoms with E-state index in [4.69, 9.17) is 9.84 Å². The van der Waals surface area contributed by atoms with Crippen molar-refractivity contribution < 1.29 is 19.7 Å². The largest absolute Gasteiger partial charge is 0.493 e. The van der Waals surface area contributed by atoms with E-state index in [2.05, 4.69) is 75.9 Å². The van der Waals surface area contributed by atoms with Crippen LogP contribution in [0.5, 0.6) is 5.75 Å². The number of carboxylic acid groups (broad SMARTS) is 1. The van der Waals surface area contributed by atoms with Crippen molar-refractivity contribution in [3.63, 3.8) is 0 Å². The smallest absolute Gasteiger partial charge is 0.303 e. The molecule has 37 heavy (non-hydrogen) atoms. The molecule has 4 nitrogen and oxygen atoms in total. The molecule has 3 rings (SSSR count). The minimum absolute atomic E-state index is 0.0988. The van der Waals surface area contributed by atoms with Gasteiger partial charge in [0.05, 0.1) is 6.61 Å². The molecule has 1 saturated carbocycles. The first-order valence-corrected chi connectivity index (χ1v) is 14.1. The Bertz CT molecular complexity index is 1110. The summed E-state index contributed by atoms with van der Waals surface area (Å²) in [6, 6.07) is 13.2. The van der Waals surface area contributed by atoms with E-state index in [0.29, 0.717) is 13.0 Å². The zero-order valence-electron chi connectivity index (χ0n) is 23.2. The Balaban J connectivity index is 1.76. The summed E-state index contributed by atoms with van der Waals surface area (Å²) < 4.78 is 6.02. The van der Waals surface area contributed by atoms with E-state index < -0.39 is 11.6 Å². The topological polar surface area (TPSA) is 66.8 Å². The van der Waals surface area contributed by atoms with Gasteiger partial charge in [0.1, 0.15) is 11.4 Å². The molecule has 0 aromatic heterocycles. The first kappa shape index (κ1) is 28.8. The van der Waals surface area contributed by atoms with Crippen LogP contribution in [-0.2, 0) is 10.2 Å². The van der Waals surface area contributed by atoms with Crippen molar-refractivity contribution in [3.8, 4) is 17.6 Å². The summed E-state index contributed by atoms with van der Waals surface area (Å²) in [4.78, 5) is 10.7. The third kappa shape index (κ3) is 7.39. The lowest BCUT2D eigenvalue weighted by molar-refractivity contribution is -0.137. The van der Waals surface area contributed by atoms with Gasteiger partial charge in [-0.15, -0.1) is 0 Å². The quantitative estimate of drug-likeness (QED) is 0.246. The number of ether oxygens (including phenoxy) is 1. The number of aliphatic hydroxyl groups is 1. The third-order valence-electron chi connectivity index (χ3n) is 8.12. The average Bonchev–Trinajstić information content (AvgIpc) is 2.88. The normalized spacial score (nSPS) is 15.1. The molecule has 200 valence electrons. The van der Waals surface area contributed by atoms with E-state index in [1.54, 1.807) is 0 Å². The second kappa shape index (κ2) is 13.2. The van der Waals surface area contributed by atoms with Crippen LogP contribution in [0.25, 0.3) is 0 Å². The highest BCUT2D eigenvalue weighted by molar-refractivity contribution is 5.66. The van der Waals surface area contributed by atoms with Crippen molar-refractivity contribution in [1.82, 2.24) is 0 Å². The van der Waals surface area contributed by atoms with Crippen molar-refractivity contribution in [2.75, 3.05) is 6.61 Å². The molecule has 0 atom stereocenters. The molecule has 2 aromatic rings. The molecule has 1 aliphatic rings. The Hall–Kier alpha value is -2.77. The summed E-state index contributed by atoms with van der Waals surface area (Å²) in [7, 11) is 0. The molecule has 0 saturated heterocycles. The molecule has 1 aliphatic carbocycles. The van der Waals surface area contributed by atoms with Crippen molar-refractivity contribution in [3.05, 3.63) is 64.2 Å². The van der Waals surface area contributed by atoms with Gasteiger partial charge < -0.3 is 14.9 Å². The number of hydrogen-bond donors (Lipinski definition) is 2. The highest BCUT2D eigenvalue weighted by Gasteiger charge is 2.31. The maximum absolute atomic E-state index is 10.8. The number of rotatable bonds is 11. The minimum Gasteiger partial charge on any atom is -0.493 e. The fraction of sp³-hybridized carbons (Fsp3) is 0.545. The predicted octanol–water partition coefficient (Wildman–Crippen LogP) is 7.48. The number of carbonyl (C=O) groups is 1. The van der Waals surface area contributed by atoms with E-state index in [9.17, 15) is 9.90 Å². The SMILES string of the molecule is CCC(CC)(c1ccc(C#CC2(O)CCCCC2)c(C)c1)c1ccc(OCCCCCC(=O)O)c(C)c1. The van der Waals surface area contributed by atoms with Crippen LogP contribution in [0, 0.1) is 25.7 Å². The van der Waals surface area contributed by atoms with Gasteiger partial charge in [-0.05, 0) is 106 Å². The molecule has 0 radical (unpaired) electrons. The van der Waals surface area contributed by atoms with Crippen LogP contribution in [-0.4, -0.2) is 28.4 Å². The van der Waals surface area contributed by atoms with Gasteiger partial charge in [-0.3, -0.25) is 4.79 Å². The first-order valence-electron chi connectivity index (χ1n) is 14.1. The van der Waals surface area contributed by atoms with Crippen LogP contribution in [0.3, 0.4) is 0 Å². The lowest BCUT2D eigenvalue weighted by Gasteiger charge is -2.34. The van der Waals surface area contributed by atoms with Gasteiger partial charge in [0.15, 0.2) is 0 Å². The summed E-state index contributed by atoms with van der Waals surface area (Å²) in [6.07, 6.45) is 9.43. The zero-order valence-corrected chi connectivity index (χ0v) is 23.2. The molecule has 0 heterocycles. The first-order chi connectivity index (χ1) is 17.7. The van der Waals surface area contributed by atoms with Gasteiger partial charge >= 0.3 is 5.97 Å². The average molecular weight is 505 g/mol. The number of hydrogen-bond acceptors (Lipinski definition) is 3. The molecule has 0 aliphatic heterocycles. The van der Waals surface area contributed by atoms with Gasteiger partial charge in [-0.25, -0.2) is 0 Å². The van der Waals surface area contributed by atoms with Crippen molar-refractivity contribution in [2.24, 2.45) is 0 Å². The number of carboxylic acids is 1. The van der Waals surface area contributed by atoms with Crippen LogP contribution in [0.1, 0.15) is 112 Å². The van der Waals surface area contributed by atoms with E-state index in [1.165, 1.54) is 17.5 Å². The molecule has 4 heteroatoms.